The van der Waals surface area contributed by atoms with Gasteiger partial charge in [0.1, 0.15) is 36.8 Å². The number of hydrogen-bond donors (Lipinski definition) is 8. The van der Waals surface area contributed by atoms with Gasteiger partial charge < -0.3 is 50.1 Å². The van der Waals surface area contributed by atoms with Crippen molar-refractivity contribution < 1.29 is 78.1 Å². The van der Waals surface area contributed by atoms with Gasteiger partial charge in [-0.15, -0.1) is 0 Å². The maximum Gasteiger partial charge on any atom is 0.472 e. The first-order valence-electron chi connectivity index (χ1n) is 24.2. The van der Waals surface area contributed by atoms with Gasteiger partial charge in [-0.05, 0) is 64.2 Å². The molecule has 2 bridgehead atoms. The molecule has 1 aliphatic heterocycles. The molecule has 0 saturated heterocycles. The summed E-state index contributed by atoms with van der Waals surface area (Å²) in [5, 5.41) is 78.6. The Bertz CT molecular complexity index is 1560. The van der Waals surface area contributed by atoms with E-state index in [1.54, 1.807) is 6.08 Å². The van der Waals surface area contributed by atoms with Gasteiger partial charge in [0, 0.05) is 31.1 Å². The number of phosphoric ester groups is 1. The topological polar surface area (TPSA) is 267 Å². The number of ether oxygens (including phenoxy) is 2. The lowest BCUT2D eigenvalue weighted by Gasteiger charge is -2.36. The smallest absolute Gasteiger partial charge is 0.462 e. The van der Waals surface area contributed by atoms with Crippen molar-refractivity contribution in [3.05, 3.63) is 60.8 Å². The first-order valence-corrected chi connectivity index (χ1v) is 25.7. The minimum atomic E-state index is -5.48. The number of carbonyl (C=O) groups excluding carboxylic acids is 3. The number of fused-ring (bicyclic) bond motifs is 4. The maximum atomic E-state index is 13.6. The fraction of sp³-hybridized carbons (Fsp3) is 0.735. The van der Waals surface area contributed by atoms with Crippen LogP contribution in [0.1, 0.15) is 149 Å². The lowest BCUT2D eigenvalue weighted by Crippen LogP contribution is -2.55. The van der Waals surface area contributed by atoms with Gasteiger partial charge in [-0.2, -0.15) is 0 Å². The predicted octanol–water partition coefficient (Wildman–Crippen LogP) is 6.31. The summed E-state index contributed by atoms with van der Waals surface area (Å²) in [6.45, 7) is 2.74. The number of aliphatic hydroxyl groups is 7. The number of Topliss-reactive ketones (excluding diaryl/α,β-unsaturated/α-hetero) is 1. The van der Waals surface area contributed by atoms with Crippen LogP contribution in [0.4, 0.5) is 0 Å². The van der Waals surface area contributed by atoms with E-state index >= 15 is 0 Å². The average Bonchev–Trinajstić information content (AvgIpc) is 3.28. The van der Waals surface area contributed by atoms with E-state index in [2.05, 4.69) is 31.2 Å². The summed E-state index contributed by atoms with van der Waals surface area (Å²) in [6, 6.07) is 0. The molecule has 1 heterocycles. The van der Waals surface area contributed by atoms with Crippen LogP contribution in [0.25, 0.3) is 0 Å². The van der Waals surface area contributed by atoms with Crippen molar-refractivity contribution in [1.82, 2.24) is 0 Å². The molecule has 8 N–H and O–H groups in total. The molecule has 12 atom stereocenters. The van der Waals surface area contributed by atoms with E-state index < -0.39 is 112 Å². The first kappa shape index (κ1) is 59.3. The van der Waals surface area contributed by atoms with Crippen LogP contribution in [-0.4, -0.2) is 127 Å². The van der Waals surface area contributed by atoms with Crippen molar-refractivity contribution in [3.63, 3.8) is 0 Å². The molecule has 16 nitrogen and oxygen atoms in total. The molecular formula is C49H81O16P. The number of rotatable bonds is 22. The number of cyclic esters (lactones) is 1. The molecule has 1 unspecified atom stereocenters. The monoisotopic (exact) mass is 957 g/mol. The van der Waals surface area contributed by atoms with Gasteiger partial charge in [-0.25, -0.2) is 4.57 Å². The van der Waals surface area contributed by atoms with Crippen molar-refractivity contribution >= 4 is 25.5 Å². The highest BCUT2D eigenvalue weighted by molar-refractivity contribution is 7.47. The Morgan fingerprint density at radius 3 is 2.11 bits per heavy atom. The van der Waals surface area contributed by atoms with Crippen molar-refractivity contribution in [2.24, 2.45) is 11.8 Å². The molecule has 1 aliphatic carbocycles. The summed E-state index contributed by atoms with van der Waals surface area (Å²) in [6.07, 6.45) is 13.7. The highest BCUT2D eigenvalue weighted by atomic mass is 31.2. The maximum absolute atomic E-state index is 13.6. The van der Waals surface area contributed by atoms with Crippen molar-refractivity contribution in [2.75, 3.05) is 13.2 Å². The van der Waals surface area contributed by atoms with E-state index in [0.29, 0.717) is 32.1 Å². The molecule has 0 aromatic heterocycles. The summed E-state index contributed by atoms with van der Waals surface area (Å²) < 4.78 is 34.6. The van der Waals surface area contributed by atoms with Crippen LogP contribution in [0.15, 0.2) is 60.8 Å². The Kier molecular flexibility index (Phi) is 30.9. The number of allylic oxidation sites excluding steroid dienone is 8. The highest BCUT2D eigenvalue weighted by Crippen LogP contribution is 2.47. The van der Waals surface area contributed by atoms with Crippen LogP contribution >= 0.6 is 7.82 Å². The molecule has 0 spiro atoms. The third-order valence-electron chi connectivity index (χ3n) is 11.7. The van der Waals surface area contributed by atoms with Gasteiger partial charge in [0.2, 0.25) is 0 Å². The molecule has 0 aromatic carbocycles. The fourth-order valence-corrected chi connectivity index (χ4v) is 8.63. The molecule has 1 fully saturated rings. The standard InChI is InChI=1S/C49H81O16P/c1-3-5-7-8-9-10-11-12-13-14-15-16-17-18-19-20-26-30-43(54)64-37-34-62-42(53)29-25-22-21-24-28-38-40(51)33-41(52)39(32-31-36(50)27-23-6-4-2)45(56)47(58)49(48(59)46(57)44(38)55)65-66(60,61)63-35-37/h12-13,15-16,18-19,21,24,31-32,36-39,41,44-50,52,55-59H,3-11,14,17,20,22-23,25-30,33-35H2,1-2H3,(H,60,61)/b13-12-,16-15-,19-18-,24-21-,32-31+/t36-,37+,38-,39-,41+,44+,45+,46-,47+,48+,49+/m0/s1. The van der Waals surface area contributed by atoms with Crippen LogP contribution in [0, 0.1) is 11.8 Å². The number of ketones is 1. The number of phosphoric acid groups is 1. The number of unbranched alkanes of at least 4 members (excludes halogenated alkanes) is 9. The second kappa shape index (κ2) is 34.4. The van der Waals surface area contributed by atoms with E-state index in [9.17, 15) is 59.6 Å². The van der Waals surface area contributed by atoms with Gasteiger partial charge in [0.25, 0.3) is 0 Å². The number of esters is 2. The molecule has 2 rings (SSSR count). The Morgan fingerprint density at radius 1 is 0.788 bits per heavy atom. The van der Waals surface area contributed by atoms with Gasteiger partial charge in [-0.1, -0.05) is 126 Å². The lowest BCUT2D eigenvalue weighted by atomic mass is 9.84. The summed E-state index contributed by atoms with van der Waals surface area (Å²) in [7, 11) is -5.48. The number of aliphatic hydroxyl groups excluding tert-OH is 7. The van der Waals surface area contributed by atoms with Crippen LogP contribution in [0.3, 0.4) is 0 Å². The molecule has 66 heavy (non-hydrogen) atoms. The summed E-state index contributed by atoms with van der Waals surface area (Å²) in [5.74, 6) is -5.17. The zero-order chi connectivity index (χ0) is 48.7. The SMILES string of the molecule is CCCCCCCC/C=C\C/C=C\C/C=C\CCCC(=O)O[C@@H]1COC(=O)CCC/C=C\C[C@H]2C(=O)C[C@@H](O)[C@H](/C=C/[C@@H](O)CCCCC)[C@@H](O)[C@@H](O)[C@@H](OP(=O)(O)OC1)[C@H](O)[C@@H](O)[C@@H]2O. The molecule has 2 aliphatic rings. The number of hydrogen-bond acceptors (Lipinski definition) is 15. The normalized spacial score (nSPS) is 31.5. The van der Waals surface area contributed by atoms with E-state index in [0.717, 1.165) is 32.1 Å². The Morgan fingerprint density at radius 2 is 1.41 bits per heavy atom. The molecular weight excluding hydrogens is 875 g/mol. The second-order valence-electron chi connectivity index (χ2n) is 17.4. The van der Waals surface area contributed by atoms with Gasteiger partial charge >= 0.3 is 19.8 Å². The van der Waals surface area contributed by atoms with E-state index in [1.165, 1.54) is 56.8 Å². The summed E-state index contributed by atoms with van der Waals surface area (Å²) >= 11 is 0. The minimum Gasteiger partial charge on any atom is -0.462 e. The zero-order valence-electron chi connectivity index (χ0n) is 39.2. The van der Waals surface area contributed by atoms with Crippen LogP contribution in [0.2, 0.25) is 0 Å². The largest absolute Gasteiger partial charge is 0.472 e. The third-order valence-corrected chi connectivity index (χ3v) is 12.7. The van der Waals surface area contributed by atoms with Gasteiger partial charge in [-0.3, -0.25) is 23.4 Å². The summed E-state index contributed by atoms with van der Waals surface area (Å²) in [5.41, 5.74) is 0. The predicted molar refractivity (Wildman–Crippen MR) is 250 cm³/mol. The zero-order valence-corrected chi connectivity index (χ0v) is 40.1. The minimum absolute atomic E-state index is 0.0487. The second-order valence-corrected chi connectivity index (χ2v) is 18.8. The van der Waals surface area contributed by atoms with Gasteiger partial charge in [0.05, 0.1) is 31.0 Å². The number of carbonyl (C=O) groups is 3. The van der Waals surface area contributed by atoms with Crippen molar-refractivity contribution in [3.8, 4) is 0 Å². The molecule has 17 heteroatoms. The van der Waals surface area contributed by atoms with E-state index in [4.69, 9.17) is 18.5 Å². The Hall–Kier alpha value is -2.86. The van der Waals surface area contributed by atoms with Crippen LogP contribution in [0.5, 0.6) is 0 Å². The van der Waals surface area contributed by atoms with Crippen LogP contribution < -0.4 is 0 Å². The molecule has 1 saturated carbocycles. The Labute approximate surface area is 392 Å². The summed E-state index contributed by atoms with van der Waals surface area (Å²) in [4.78, 5) is 50.0. The molecule has 0 amide bonds. The molecule has 0 radical (unpaired) electrons. The fourth-order valence-electron chi connectivity index (χ4n) is 7.65. The molecule has 0 aromatic rings. The quantitative estimate of drug-likeness (QED) is 0.0256. The lowest BCUT2D eigenvalue weighted by molar-refractivity contribution is -0.166. The first-order chi connectivity index (χ1) is 31.6. The highest BCUT2D eigenvalue weighted by Gasteiger charge is 2.49. The Balaban J connectivity index is 2.20. The van der Waals surface area contributed by atoms with Crippen molar-refractivity contribution in [1.29, 1.82) is 0 Å². The molecule has 378 valence electrons. The van der Waals surface area contributed by atoms with Crippen LogP contribution in [-0.2, 0) is 37.5 Å². The van der Waals surface area contributed by atoms with E-state index in [1.807, 2.05) is 19.1 Å². The van der Waals surface area contributed by atoms with Crippen molar-refractivity contribution in [2.45, 2.75) is 204 Å². The van der Waals surface area contributed by atoms with E-state index in [-0.39, 0.29) is 25.7 Å². The average molecular weight is 957 g/mol. The van der Waals surface area contributed by atoms with Gasteiger partial charge in [0.15, 0.2) is 6.10 Å². The third kappa shape index (κ3) is 24.4.